The SMILES string of the molecule is CC(C)(C)Cc1noc(-c2ccc(N)nc2)n1. The molecule has 0 unspecified atom stereocenters. The number of pyridine rings is 1. The van der Waals surface area contributed by atoms with Crippen LogP contribution in [0.25, 0.3) is 11.5 Å². The fourth-order valence-electron chi connectivity index (χ4n) is 1.45. The maximum absolute atomic E-state index is 5.52. The minimum absolute atomic E-state index is 0.139. The Labute approximate surface area is 100 Å². The fraction of sp³-hybridized carbons (Fsp3) is 0.417. The number of hydrogen-bond acceptors (Lipinski definition) is 5. The van der Waals surface area contributed by atoms with E-state index in [0.717, 1.165) is 12.0 Å². The Morgan fingerprint density at radius 3 is 2.65 bits per heavy atom. The number of nitrogens with two attached hydrogens (primary N) is 1. The highest BCUT2D eigenvalue weighted by atomic mass is 16.5. The number of nitrogen functional groups attached to an aromatic ring is 1. The molecule has 0 aromatic carbocycles. The van der Waals surface area contributed by atoms with Crippen molar-refractivity contribution in [1.82, 2.24) is 15.1 Å². The van der Waals surface area contributed by atoms with Gasteiger partial charge in [-0.25, -0.2) is 4.98 Å². The molecule has 0 saturated heterocycles. The monoisotopic (exact) mass is 232 g/mol. The van der Waals surface area contributed by atoms with Crippen LogP contribution in [0.15, 0.2) is 22.9 Å². The second kappa shape index (κ2) is 4.16. The zero-order chi connectivity index (χ0) is 12.5. The molecule has 0 aliphatic carbocycles. The first-order valence-electron chi connectivity index (χ1n) is 5.48. The van der Waals surface area contributed by atoms with Crippen molar-refractivity contribution in [2.24, 2.45) is 5.41 Å². The highest BCUT2D eigenvalue weighted by Gasteiger charge is 2.16. The van der Waals surface area contributed by atoms with E-state index in [4.69, 9.17) is 10.3 Å². The molecule has 90 valence electrons. The molecule has 5 nitrogen and oxygen atoms in total. The van der Waals surface area contributed by atoms with E-state index in [0.29, 0.717) is 17.5 Å². The molecule has 0 saturated carbocycles. The maximum Gasteiger partial charge on any atom is 0.259 e. The molecule has 2 N–H and O–H groups in total. The summed E-state index contributed by atoms with van der Waals surface area (Å²) in [6.45, 7) is 6.40. The minimum Gasteiger partial charge on any atom is -0.384 e. The molecule has 0 spiro atoms. The van der Waals surface area contributed by atoms with Gasteiger partial charge in [-0.05, 0) is 17.5 Å². The number of aromatic nitrogens is 3. The van der Waals surface area contributed by atoms with Gasteiger partial charge in [0, 0.05) is 12.6 Å². The smallest absolute Gasteiger partial charge is 0.259 e. The zero-order valence-electron chi connectivity index (χ0n) is 10.3. The molecule has 2 aromatic heterocycles. The van der Waals surface area contributed by atoms with Crippen LogP contribution in [-0.2, 0) is 6.42 Å². The molecular weight excluding hydrogens is 216 g/mol. The van der Waals surface area contributed by atoms with Crippen LogP contribution in [0.5, 0.6) is 0 Å². The highest BCUT2D eigenvalue weighted by Crippen LogP contribution is 2.21. The van der Waals surface area contributed by atoms with E-state index in [1.807, 2.05) is 6.07 Å². The van der Waals surface area contributed by atoms with Gasteiger partial charge in [-0.3, -0.25) is 0 Å². The molecule has 17 heavy (non-hydrogen) atoms. The van der Waals surface area contributed by atoms with Gasteiger partial charge in [0.15, 0.2) is 5.82 Å². The van der Waals surface area contributed by atoms with E-state index in [-0.39, 0.29) is 5.41 Å². The average molecular weight is 232 g/mol. The van der Waals surface area contributed by atoms with E-state index in [1.165, 1.54) is 0 Å². The van der Waals surface area contributed by atoms with Crippen molar-refractivity contribution in [1.29, 1.82) is 0 Å². The second-order valence-corrected chi connectivity index (χ2v) is 5.22. The summed E-state index contributed by atoms with van der Waals surface area (Å²) in [7, 11) is 0. The van der Waals surface area contributed by atoms with E-state index < -0.39 is 0 Å². The van der Waals surface area contributed by atoms with Crippen molar-refractivity contribution < 1.29 is 4.52 Å². The second-order valence-electron chi connectivity index (χ2n) is 5.22. The van der Waals surface area contributed by atoms with E-state index in [1.54, 1.807) is 12.3 Å². The average Bonchev–Trinajstić information content (AvgIpc) is 2.64. The highest BCUT2D eigenvalue weighted by molar-refractivity contribution is 5.53. The van der Waals surface area contributed by atoms with Crippen molar-refractivity contribution in [3.63, 3.8) is 0 Å². The summed E-state index contributed by atoms with van der Waals surface area (Å²) in [5, 5.41) is 3.96. The van der Waals surface area contributed by atoms with Crippen molar-refractivity contribution in [2.75, 3.05) is 5.73 Å². The maximum atomic E-state index is 5.52. The Bertz CT molecular complexity index is 496. The lowest BCUT2D eigenvalue weighted by Gasteiger charge is -2.14. The van der Waals surface area contributed by atoms with Crippen molar-refractivity contribution in [3.8, 4) is 11.5 Å². The van der Waals surface area contributed by atoms with E-state index in [9.17, 15) is 0 Å². The summed E-state index contributed by atoms with van der Waals surface area (Å²) in [5.74, 6) is 1.67. The molecule has 0 fully saturated rings. The first-order valence-corrected chi connectivity index (χ1v) is 5.48. The van der Waals surface area contributed by atoms with Crippen LogP contribution in [0, 0.1) is 5.41 Å². The van der Waals surface area contributed by atoms with Gasteiger partial charge in [0.2, 0.25) is 0 Å². The van der Waals surface area contributed by atoms with Gasteiger partial charge in [0.1, 0.15) is 5.82 Å². The molecule has 2 rings (SSSR count). The summed E-state index contributed by atoms with van der Waals surface area (Å²) < 4.78 is 5.19. The molecule has 2 heterocycles. The minimum atomic E-state index is 0.139. The summed E-state index contributed by atoms with van der Waals surface area (Å²) >= 11 is 0. The third kappa shape index (κ3) is 3.03. The molecule has 0 radical (unpaired) electrons. The predicted molar refractivity (Wildman–Crippen MR) is 65.1 cm³/mol. The Hall–Kier alpha value is -1.91. The first-order chi connectivity index (χ1) is 7.94. The molecular formula is C12H16N4O. The molecule has 0 amide bonds. The number of hydrogen-bond donors (Lipinski definition) is 1. The first kappa shape index (κ1) is 11.6. The molecule has 0 bridgehead atoms. The number of rotatable bonds is 2. The molecule has 5 heteroatoms. The molecule has 0 atom stereocenters. The number of nitrogens with zero attached hydrogens (tertiary/aromatic N) is 3. The van der Waals surface area contributed by atoms with Crippen LogP contribution >= 0.6 is 0 Å². The predicted octanol–water partition coefficient (Wildman–Crippen LogP) is 2.30. The topological polar surface area (TPSA) is 77.8 Å². The lowest BCUT2D eigenvalue weighted by molar-refractivity contribution is 0.374. The Morgan fingerprint density at radius 1 is 1.29 bits per heavy atom. The van der Waals surface area contributed by atoms with Gasteiger partial charge in [-0.15, -0.1) is 0 Å². The van der Waals surface area contributed by atoms with Crippen LogP contribution in [0.3, 0.4) is 0 Å². The van der Waals surface area contributed by atoms with Crippen molar-refractivity contribution in [3.05, 3.63) is 24.2 Å². The van der Waals surface area contributed by atoms with Crippen LogP contribution in [0.4, 0.5) is 5.82 Å². The lowest BCUT2D eigenvalue weighted by atomic mass is 9.92. The lowest BCUT2D eigenvalue weighted by Crippen LogP contribution is -2.10. The van der Waals surface area contributed by atoms with Crippen LogP contribution in [0.2, 0.25) is 0 Å². The quantitative estimate of drug-likeness (QED) is 0.859. The Balaban J connectivity index is 2.21. The number of anilines is 1. The Morgan fingerprint density at radius 2 is 2.06 bits per heavy atom. The zero-order valence-corrected chi connectivity index (χ0v) is 10.3. The molecule has 0 aliphatic heterocycles. The van der Waals surface area contributed by atoms with E-state index in [2.05, 4.69) is 35.9 Å². The van der Waals surface area contributed by atoms with Gasteiger partial charge >= 0.3 is 0 Å². The third-order valence-electron chi connectivity index (χ3n) is 2.19. The normalized spacial score (nSPS) is 11.7. The largest absolute Gasteiger partial charge is 0.384 e. The summed E-state index contributed by atoms with van der Waals surface area (Å²) in [4.78, 5) is 8.33. The van der Waals surface area contributed by atoms with Gasteiger partial charge in [0.25, 0.3) is 5.89 Å². The molecule has 2 aromatic rings. The molecule has 0 aliphatic rings. The third-order valence-corrected chi connectivity index (χ3v) is 2.19. The van der Waals surface area contributed by atoms with Crippen molar-refractivity contribution in [2.45, 2.75) is 27.2 Å². The summed E-state index contributed by atoms with van der Waals surface area (Å²) in [6, 6.07) is 3.53. The van der Waals surface area contributed by atoms with Gasteiger partial charge in [-0.2, -0.15) is 4.98 Å². The summed E-state index contributed by atoms with van der Waals surface area (Å²) in [6.07, 6.45) is 2.41. The summed E-state index contributed by atoms with van der Waals surface area (Å²) in [5.41, 5.74) is 6.44. The van der Waals surface area contributed by atoms with E-state index >= 15 is 0 Å². The van der Waals surface area contributed by atoms with Gasteiger partial charge in [0.05, 0.1) is 5.56 Å². The van der Waals surface area contributed by atoms with Crippen LogP contribution in [0.1, 0.15) is 26.6 Å². The van der Waals surface area contributed by atoms with Gasteiger partial charge < -0.3 is 10.3 Å². The fourth-order valence-corrected chi connectivity index (χ4v) is 1.45. The standard InChI is InChI=1S/C12H16N4O/c1-12(2,3)6-10-15-11(17-16-10)8-4-5-9(13)14-7-8/h4-5,7H,6H2,1-3H3,(H2,13,14). The van der Waals surface area contributed by atoms with Crippen LogP contribution in [-0.4, -0.2) is 15.1 Å². The van der Waals surface area contributed by atoms with Gasteiger partial charge in [-0.1, -0.05) is 25.9 Å². The van der Waals surface area contributed by atoms with Crippen molar-refractivity contribution >= 4 is 5.82 Å². The van der Waals surface area contributed by atoms with Crippen LogP contribution < -0.4 is 5.73 Å². The Kier molecular flexibility index (Phi) is 2.83.